The molecule has 148 valence electrons. The highest BCUT2D eigenvalue weighted by Gasteiger charge is 2.22. The lowest BCUT2D eigenvalue weighted by molar-refractivity contribution is 0.0405. The topological polar surface area (TPSA) is 99.0 Å². The first-order valence-electron chi connectivity index (χ1n) is 9.36. The van der Waals surface area contributed by atoms with Crippen LogP contribution in [0.15, 0.2) is 12.2 Å². The molecule has 6 nitrogen and oxygen atoms in total. The summed E-state index contributed by atoms with van der Waals surface area (Å²) >= 11 is 0. The summed E-state index contributed by atoms with van der Waals surface area (Å²) in [6.07, 6.45) is 10.5. The maximum atomic E-state index is 11.7. The van der Waals surface area contributed by atoms with Gasteiger partial charge in [0.15, 0.2) is 0 Å². The molecule has 6 heteroatoms. The van der Waals surface area contributed by atoms with Crippen molar-refractivity contribution in [1.29, 1.82) is 0 Å². The third kappa shape index (κ3) is 14.9. The van der Waals surface area contributed by atoms with Gasteiger partial charge in [-0.3, -0.25) is 0 Å². The quantitative estimate of drug-likeness (QED) is 0.299. The van der Waals surface area contributed by atoms with E-state index < -0.39 is 23.8 Å². The molecular formula is C19H37NO5. The van der Waals surface area contributed by atoms with E-state index in [4.69, 9.17) is 9.84 Å². The number of alkyl carbamates (subject to hydrolysis) is 1. The highest BCUT2D eigenvalue weighted by atomic mass is 16.6. The Bertz CT molecular complexity index is 365. The van der Waals surface area contributed by atoms with Gasteiger partial charge in [0.1, 0.15) is 5.60 Å². The van der Waals surface area contributed by atoms with Gasteiger partial charge in [0.2, 0.25) is 0 Å². The number of aliphatic hydroxyl groups is 3. The molecule has 0 fully saturated rings. The van der Waals surface area contributed by atoms with Crippen molar-refractivity contribution in [3.8, 4) is 0 Å². The number of aliphatic hydroxyl groups excluding tert-OH is 3. The first-order valence-corrected chi connectivity index (χ1v) is 9.36. The highest BCUT2D eigenvalue weighted by molar-refractivity contribution is 5.68. The van der Waals surface area contributed by atoms with Crippen molar-refractivity contribution in [2.24, 2.45) is 0 Å². The van der Waals surface area contributed by atoms with Crippen LogP contribution in [0.4, 0.5) is 4.79 Å². The van der Waals surface area contributed by atoms with E-state index in [0.717, 1.165) is 32.1 Å². The molecule has 0 aliphatic heterocycles. The molecule has 1 amide bonds. The van der Waals surface area contributed by atoms with Crippen LogP contribution in [0.5, 0.6) is 0 Å². The highest BCUT2D eigenvalue weighted by Crippen LogP contribution is 2.10. The van der Waals surface area contributed by atoms with E-state index in [0.29, 0.717) is 0 Å². The summed E-state index contributed by atoms with van der Waals surface area (Å²) in [4.78, 5) is 11.7. The first kappa shape index (κ1) is 23.9. The Kier molecular flexibility index (Phi) is 13.5. The summed E-state index contributed by atoms with van der Waals surface area (Å²) in [6.45, 7) is 5.18. The Morgan fingerprint density at radius 2 is 1.60 bits per heavy atom. The SMILES string of the molecule is CC(C)(C)OC(=O)N[C@@H](CO)[C@H](O)/C=C/CCCCCCCCCO. The minimum absolute atomic E-state index is 0.282. The lowest BCUT2D eigenvalue weighted by atomic mass is 10.1. The Morgan fingerprint density at radius 3 is 2.12 bits per heavy atom. The second-order valence-electron chi connectivity index (χ2n) is 7.34. The van der Waals surface area contributed by atoms with Crippen molar-refractivity contribution < 1.29 is 24.9 Å². The Labute approximate surface area is 152 Å². The van der Waals surface area contributed by atoms with Crippen molar-refractivity contribution in [3.05, 3.63) is 12.2 Å². The van der Waals surface area contributed by atoms with Crippen LogP contribution in [-0.4, -0.2) is 52.4 Å². The van der Waals surface area contributed by atoms with Crippen molar-refractivity contribution in [2.45, 2.75) is 89.9 Å². The van der Waals surface area contributed by atoms with Gasteiger partial charge in [-0.25, -0.2) is 4.79 Å². The minimum atomic E-state index is -0.948. The summed E-state index contributed by atoms with van der Waals surface area (Å²) in [5.74, 6) is 0. The van der Waals surface area contributed by atoms with Crippen LogP contribution in [0.2, 0.25) is 0 Å². The van der Waals surface area contributed by atoms with Crippen LogP contribution in [-0.2, 0) is 4.74 Å². The number of carbonyl (C=O) groups excluding carboxylic acids is 1. The van der Waals surface area contributed by atoms with Crippen LogP contribution in [0.3, 0.4) is 0 Å². The smallest absolute Gasteiger partial charge is 0.408 e. The van der Waals surface area contributed by atoms with E-state index >= 15 is 0 Å². The predicted molar refractivity (Wildman–Crippen MR) is 99.4 cm³/mol. The van der Waals surface area contributed by atoms with Gasteiger partial charge in [0, 0.05) is 6.61 Å². The van der Waals surface area contributed by atoms with Gasteiger partial charge >= 0.3 is 6.09 Å². The number of amides is 1. The summed E-state index contributed by atoms with van der Waals surface area (Å²) < 4.78 is 5.11. The van der Waals surface area contributed by atoms with Gasteiger partial charge in [0.25, 0.3) is 0 Å². The number of unbranched alkanes of at least 4 members (excludes halogenated alkanes) is 7. The molecule has 0 heterocycles. The van der Waals surface area contributed by atoms with Gasteiger partial charge in [-0.1, -0.05) is 44.3 Å². The Balaban J connectivity index is 3.90. The monoisotopic (exact) mass is 359 g/mol. The molecule has 0 aromatic carbocycles. The van der Waals surface area contributed by atoms with E-state index in [-0.39, 0.29) is 13.2 Å². The standard InChI is InChI=1S/C19H37NO5/c1-19(2,3)25-18(24)20-16(15-22)17(23)13-11-9-7-5-4-6-8-10-12-14-21/h11,13,16-17,21-23H,4-10,12,14-15H2,1-3H3,(H,20,24)/b13-11+/t16-,17+/m0/s1. The molecule has 0 aliphatic carbocycles. The van der Waals surface area contributed by atoms with Gasteiger partial charge < -0.3 is 25.4 Å². The van der Waals surface area contributed by atoms with Crippen LogP contribution in [0.1, 0.15) is 72.1 Å². The number of carbonyl (C=O) groups is 1. The van der Waals surface area contributed by atoms with Crippen LogP contribution < -0.4 is 5.32 Å². The van der Waals surface area contributed by atoms with Crippen molar-refractivity contribution in [2.75, 3.05) is 13.2 Å². The van der Waals surface area contributed by atoms with Crippen LogP contribution >= 0.6 is 0 Å². The van der Waals surface area contributed by atoms with Crippen LogP contribution in [0, 0.1) is 0 Å². The molecule has 0 saturated heterocycles. The largest absolute Gasteiger partial charge is 0.444 e. The van der Waals surface area contributed by atoms with Gasteiger partial charge in [-0.2, -0.15) is 0 Å². The minimum Gasteiger partial charge on any atom is -0.444 e. The number of nitrogens with one attached hydrogen (secondary N) is 1. The third-order valence-corrected chi connectivity index (χ3v) is 3.67. The van der Waals surface area contributed by atoms with E-state index in [2.05, 4.69) is 5.32 Å². The molecule has 0 unspecified atom stereocenters. The van der Waals surface area contributed by atoms with Gasteiger partial charge in [0.05, 0.1) is 18.8 Å². The van der Waals surface area contributed by atoms with E-state index in [1.807, 2.05) is 6.08 Å². The second-order valence-corrected chi connectivity index (χ2v) is 7.34. The molecule has 0 spiro atoms. The molecule has 4 N–H and O–H groups in total. The zero-order valence-electron chi connectivity index (χ0n) is 16.0. The molecule has 0 saturated carbocycles. The average molecular weight is 360 g/mol. The third-order valence-electron chi connectivity index (χ3n) is 3.67. The fraction of sp³-hybridized carbons (Fsp3) is 0.842. The summed E-state index contributed by atoms with van der Waals surface area (Å²) in [5.41, 5.74) is -0.622. The molecular weight excluding hydrogens is 322 g/mol. The molecule has 0 aliphatic rings. The Morgan fingerprint density at radius 1 is 1.04 bits per heavy atom. The molecule has 0 aromatic heterocycles. The fourth-order valence-corrected chi connectivity index (χ4v) is 2.33. The van der Waals surface area contributed by atoms with Crippen molar-refractivity contribution in [3.63, 3.8) is 0 Å². The summed E-state index contributed by atoms with van der Waals surface area (Å²) in [7, 11) is 0. The number of hydrogen-bond acceptors (Lipinski definition) is 5. The molecule has 0 radical (unpaired) electrons. The molecule has 0 bridgehead atoms. The van der Waals surface area contributed by atoms with Crippen molar-refractivity contribution >= 4 is 6.09 Å². The molecule has 2 atom stereocenters. The zero-order chi connectivity index (χ0) is 19.1. The maximum absolute atomic E-state index is 11.7. The second kappa shape index (κ2) is 14.1. The number of ether oxygens (including phenoxy) is 1. The van der Waals surface area contributed by atoms with E-state index in [9.17, 15) is 15.0 Å². The number of hydrogen-bond donors (Lipinski definition) is 4. The number of rotatable bonds is 13. The normalized spacial score (nSPS) is 14.5. The summed E-state index contributed by atoms with van der Waals surface area (Å²) in [6, 6.07) is -0.780. The zero-order valence-corrected chi connectivity index (χ0v) is 16.0. The summed E-state index contributed by atoms with van der Waals surface area (Å²) in [5, 5.41) is 30.5. The Hall–Kier alpha value is -1.11. The van der Waals surface area contributed by atoms with E-state index in [1.54, 1.807) is 26.8 Å². The van der Waals surface area contributed by atoms with Crippen LogP contribution in [0.25, 0.3) is 0 Å². The fourth-order valence-electron chi connectivity index (χ4n) is 2.33. The van der Waals surface area contributed by atoms with Gasteiger partial charge in [-0.15, -0.1) is 0 Å². The molecule has 0 aromatic rings. The van der Waals surface area contributed by atoms with E-state index in [1.165, 1.54) is 19.3 Å². The first-order chi connectivity index (χ1) is 11.8. The van der Waals surface area contributed by atoms with Gasteiger partial charge in [-0.05, 0) is 40.0 Å². The predicted octanol–water partition coefficient (Wildman–Crippen LogP) is 2.90. The molecule has 0 rings (SSSR count). The average Bonchev–Trinajstić information content (AvgIpc) is 2.52. The maximum Gasteiger partial charge on any atom is 0.408 e. The van der Waals surface area contributed by atoms with Crippen molar-refractivity contribution in [1.82, 2.24) is 5.32 Å². The lowest BCUT2D eigenvalue weighted by Crippen LogP contribution is -2.47. The number of allylic oxidation sites excluding steroid dienone is 1. The lowest BCUT2D eigenvalue weighted by Gasteiger charge is -2.24. The molecule has 25 heavy (non-hydrogen) atoms.